The van der Waals surface area contributed by atoms with Crippen LogP contribution in [-0.2, 0) is 4.74 Å². The first-order valence-electron chi connectivity index (χ1n) is 7.82. The number of aromatic nitrogens is 1. The molecular formula is C18H26N2O2. The van der Waals surface area contributed by atoms with Gasteiger partial charge in [-0.3, -0.25) is 0 Å². The van der Waals surface area contributed by atoms with Gasteiger partial charge in [-0.2, -0.15) is 0 Å². The first-order valence-corrected chi connectivity index (χ1v) is 7.82. The number of rotatable bonds is 4. The maximum absolute atomic E-state index is 12.1. The molecule has 0 saturated carbocycles. The molecule has 1 aromatic carbocycles. The fourth-order valence-electron chi connectivity index (χ4n) is 2.57. The van der Waals surface area contributed by atoms with Crippen LogP contribution < -0.4 is 5.32 Å². The second-order valence-electron chi connectivity index (χ2n) is 7.12. The van der Waals surface area contributed by atoms with Crippen LogP contribution >= 0.6 is 0 Å². The predicted octanol–water partition coefficient (Wildman–Crippen LogP) is 4.78. The van der Waals surface area contributed by atoms with E-state index in [9.17, 15) is 4.79 Å². The van der Waals surface area contributed by atoms with E-state index in [-0.39, 0.29) is 12.1 Å². The Morgan fingerprint density at radius 2 is 1.95 bits per heavy atom. The van der Waals surface area contributed by atoms with E-state index < -0.39 is 5.60 Å². The first-order chi connectivity index (χ1) is 10.3. The monoisotopic (exact) mass is 302 g/mol. The lowest BCUT2D eigenvalue weighted by Gasteiger charge is -2.24. The molecule has 120 valence electrons. The Morgan fingerprint density at radius 1 is 1.27 bits per heavy atom. The van der Waals surface area contributed by atoms with Crippen molar-refractivity contribution in [2.75, 3.05) is 0 Å². The Kier molecular flexibility index (Phi) is 4.79. The third-order valence-electron chi connectivity index (χ3n) is 3.39. The van der Waals surface area contributed by atoms with Gasteiger partial charge in [0.05, 0.1) is 6.04 Å². The number of H-pyrrole nitrogens is 1. The van der Waals surface area contributed by atoms with Crippen molar-refractivity contribution >= 4 is 17.0 Å². The normalized spacial score (nSPS) is 13.4. The topological polar surface area (TPSA) is 54.1 Å². The van der Waals surface area contributed by atoms with Gasteiger partial charge in [-0.05, 0) is 44.7 Å². The summed E-state index contributed by atoms with van der Waals surface area (Å²) in [5, 5.41) is 4.16. The lowest BCUT2D eigenvalue weighted by molar-refractivity contribution is 0.0498. The summed E-state index contributed by atoms with van der Waals surface area (Å²) in [4.78, 5) is 15.4. The highest BCUT2D eigenvalue weighted by atomic mass is 16.6. The number of hydrogen-bond acceptors (Lipinski definition) is 2. The van der Waals surface area contributed by atoms with Crippen LogP contribution in [0.3, 0.4) is 0 Å². The molecule has 1 atom stereocenters. The molecule has 2 rings (SSSR count). The number of carbonyl (C=O) groups is 1. The summed E-state index contributed by atoms with van der Waals surface area (Å²) >= 11 is 0. The van der Waals surface area contributed by atoms with Gasteiger partial charge in [0.25, 0.3) is 0 Å². The minimum absolute atomic E-state index is 0.0639. The molecule has 0 bridgehead atoms. The van der Waals surface area contributed by atoms with E-state index in [4.69, 9.17) is 4.74 Å². The summed E-state index contributed by atoms with van der Waals surface area (Å²) in [7, 11) is 0. The number of fused-ring (bicyclic) bond motifs is 1. The van der Waals surface area contributed by atoms with Crippen molar-refractivity contribution in [1.82, 2.24) is 10.3 Å². The number of para-hydroxylation sites is 1. The van der Waals surface area contributed by atoms with Crippen LogP contribution in [0.25, 0.3) is 10.9 Å². The summed E-state index contributed by atoms with van der Waals surface area (Å²) < 4.78 is 5.40. The highest BCUT2D eigenvalue weighted by Gasteiger charge is 2.23. The number of amides is 1. The largest absolute Gasteiger partial charge is 0.444 e. The molecule has 0 aliphatic rings. The van der Waals surface area contributed by atoms with Crippen molar-refractivity contribution in [2.24, 2.45) is 5.92 Å². The maximum atomic E-state index is 12.1. The minimum atomic E-state index is -0.493. The minimum Gasteiger partial charge on any atom is -0.444 e. The van der Waals surface area contributed by atoms with E-state index in [0.29, 0.717) is 5.92 Å². The molecule has 0 radical (unpaired) electrons. The number of nitrogens with one attached hydrogen (secondary N) is 2. The lowest BCUT2D eigenvalue weighted by Crippen LogP contribution is -2.35. The standard InChI is InChI=1S/C18H26N2O2/c1-12(2)10-16(20-17(21)22-18(3,4)5)14-11-19-15-9-7-6-8-13(14)15/h6-9,11-12,16,19H,10H2,1-5H3,(H,20,21)/t16-/m0/s1. The van der Waals surface area contributed by atoms with Crippen LogP contribution in [-0.4, -0.2) is 16.7 Å². The van der Waals surface area contributed by atoms with Crippen LogP contribution in [0.15, 0.2) is 30.5 Å². The molecule has 4 nitrogen and oxygen atoms in total. The molecular weight excluding hydrogens is 276 g/mol. The van der Waals surface area contributed by atoms with Crippen molar-refractivity contribution in [3.63, 3.8) is 0 Å². The summed E-state index contributed by atoms with van der Waals surface area (Å²) in [5.74, 6) is 0.466. The second kappa shape index (κ2) is 6.42. The zero-order valence-electron chi connectivity index (χ0n) is 14.1. The molecule has 1 heterocycles. The SMILES string of the molecule is CC(C)C[C@H](NC(=O)OC(C)(C)C)c1c[nH]c2ccccc12. The summed E-state index contributed by atoms with van der Waals surface area (Å²) in [5.41, 5.74) is 1.69. The van der Waals surface area contributed by atoms with Gasteiger partial charge in [-0.1, -0.05) is 32.0 Å². The highest BCUT2D eigenvalue weighted by molar-refractivity contribution is 5.84. The van der Waals surface area contributed by atoms with Crippen LogP contribution in [0.1, 0.15) is 52.6 Å². The Morgan fingerprint density at radius 3 is 2.59 bits per heavy atom. The van der Waals surface area contributed by atoms with Crippen molar-refractivity contribution in [2.45, 2.75) is 52.7 Å². The molecule has 0 aliphatic heterocycles. The number of aromatic amines is 1. The molecule has 4 heteroatoms. The average molecular weight is 302 g/mol. The van der Waals surface area contributed by atoms with Crippen molar-refractivity contribution in [3.8, 4) is 0 Å². The van der Waals surface area contributed by atoms with E-state index in [1.54, 1.807) is 0 Å². The molecule has 2 N–H and O–H groups in total. The third-order valence-corrected chi connectivity index (χ3v) is 3.39. The summed E-state index contributed by atoms with van der Waals surface area (Å²) in [6.07, 6.45) is 2.47. The van der Waals surface area contributed by atoms with Gasteiger partial charge in [0, 0.05) is 17.1 Å². The molecule has 0 spiro atoms. The van der Waals surface area contributed by atoms with Gasteiger partial charge in [-0.25, -0.2) is 4.79 Å². The summed E-state index contributed by atoms with van der Waals surface area (Å²) in [6, 6.07) is 8.07. The molecule has 0 unspecified atom stereocenters. The van der Waals surface area contributed by atoms with Gasteiger partial charge in [0.15, 0.2) is 0 Å². The number of ether oxygens (including phenoxy) is 1. The van der Waals surface area contributed by atoms with Crippen LogP contribution in [0.5, 0.6) is 0 Å². The molecule has 0 fully saturated rings. The first kappa shape index (κ1) is 16.4. The molecule has 0 aliphatic carbocycles. The number of alkyl carbamates (subject to hydrolysis) is 1. The van der Waals surface area contributed by atoms with Crippen LogP contribution in [0.2, 0.25) is 0 Å². The Bertz CT molecular complexity index is 638. The Balaban J connectivity index is 2.24. The lowest BCUT2D eigenvalue weighted by atomic mass is 9.97. The number of hydrogen-bond donors (Lipinski definition) is 2. The third kappa shape index (κ3) is 4.26. The number of carbonyl (C=O) groups excluding carboxylic acids is 1. The smallest absolute Gasteiger partial charge is 0.408 e. The Labute approximate surface area is 132 Å². The fourth-order valence-corrected chi connectivity index (χ4v) is 2.57. The zero-order chi connectivity index (χ0) is 16.3. The Hall–Kier alpha value is -1.97. The van der Waals surface area contributed by atoms with Crippen molar-refractivity contribution in [1.29, 1.82) is 0 Å². The van der Waals surface area contributed by atoms with Gasteiger partial charge in [-0.15, -0.1) is 0 Å². The maximum Gasteiger partial charge on any atom is 0.408 e. The molecule has 0 saturated heterocycles. The second-order valence-corrected chi connectivity index (χ2v) is 7.12. The quantitative estimate of drug-likeness (QED) is 0.854. The van der Waals surface area contributed by atoms with Gasteiger partial charge < -0.3 is 15.0 Å². The number of benzene rings is 1. The molecule has 1 amide bonds. The van der Waals surface area contributed by atoms with E-state index in [1.165, 1.54) is 0 Å². The van der Waals surface area contributed by atoms with Crippen LogP contribution in [0.4, 0.5) is 4.79 Å². The predicted molar refractivity (Wildman–Crippen MR) is 89.9 cm³/mol. The molecule has 1 aromatic heterocycles. The highest BCUT2D eigenvalue weighted by Crippen LogP contribution is 2.28. The average Bonchev–Trinajstić information content (AvgIpc) is 2.78. The van der Waals surface area contributed by atoms with Gasteiger partial charge >= 0.3 is 6.09 Å². The van der Waals surface area contributed by atoms with E-state index >= 15 is 0 Å². The van der Waals surface area contributed by atoms with Gasteiger partial charge in [0.1, 0.15) is 5.60 Å². The van der Waals surface area contributed by atoms with E-state index in [0.717, 1.165) is 22.9 Å². The fraction of sp³-hybridized carbons (Fsp3) is 0.500. The van der Waals surface area contributed by atoms with Crippen molar-refractivity contribution in [3.05, 3.63) is 36.0 Å². The van der Waals surface area contributed by atoms with Gasteiger partial charge in [0.2, 0.25) is 0 Å². The van der Waals surface area contributed by atoms with Crippen LogP contribution in [0, 0.1) is 5.92 Å². The zero-order valence-corrected chi connectivity index (χ0v) is 14.1. The van der Waals surface area contributed by atoms with E-state index in [2.05, 4.69) is 30.2 Å². The summed E-state index contributed by atoms with van der Waals surface area (Å²) in [6.45, 7) is 9.92. The van der Waals surface area contributed by atoms with E-state index in [1.807, 2.05) is 45.2 Å². The molecule has 2 aromatic rings. The molecule has 22 heavy (non-hydrogen) atoms. The van der Waals surface area contributed by atoms with Crippen molar-refractivity contribution < 1.29 is 9.53 Å².